The number of hydrogen-bond acceptors (Lipinski definition) is 7. The molecule has 2 unspecified atom stereocenters. The molecule has 1 aromatic heterocycles. The van der Waals surface area contributed by atoms with Crippen molar-refractivity contribution in [2.24, 2.45) is 0 Å². The molecule has 0 radical (unpaired) electrons. The van der Waals surface area contributed by atoms with E-state index in [1.807, 2.05) is 18.7 Å². The van der Waals surface area contributed by atoms with Gasteiger partial charge in [0, 0.05) is 11.3 Å². The van der Waals surface area contributed by atoms with Gasteiger partial charge in [-0.3, -0.25) is 0 Å². The van der Waals surface area contributed by atoms with Gasteiger partial charge < -0.3 is 15.8 Å². The van der Waals surface area contributed by atoms with Crippen molar-refractivity contribution in [2.75, 3.05) is 23.9 Å². The van der Waals surface area contributed by atoms with Crippen LogP contribution >= 0.6 is 11.8 Å². The average molecular weight is 283 g/mol. The van der Waals surface area contributed by atoms with Gasteiger partial charge in [0.15, 0.2) is 0 Å². The number of nitrogens with one attached hydrogen (secondary N) is 1. The van der Waals surface area contributed by atoms with Crippen LogP contribution in [0.4, 0.5) is 11.9 Å². The van der Waals surface area contributed by atoms with E-state index >= 15 is 0 Å². The van der Waals surface area contributed by atoms with E-state index in [0.717, 1.165) is 12.8 Å². The smallest absolute Gasteiger partial charge is 0.323 e. The summed E-state index contributed by atoms with van der Waals surface area (Å²) in [5.74, 6) is 0.715. The molecule has 0 saturated heterocycles. The van der Waals surface area contributed by atoms with Gasteiger partial charge >= 0.3 is 6.01 Å². The Morgan fingerprint density at radius 3 is 2.95 bits per heavy atom. The summed E-state index contributed by atoms with van der Waals surface area (Å²) in [7, 11) is 0. The Hall–Kier alpha value is -1.24. The van der Waals surface area contributed by atoms with Gasteiger partial charge in [0.05, 0.1) is 6.61 Å². The molecular weight excluding hydrogens is 262 g/mol. The van der Waals surface area contributed by atoms with E-state index in [2.05, 4.69) is 26.5 Å². The largest absolute Gasteiger partial charge is 0.463 e. The van der Waals surface area contributed by atoms with Crippen LogP contribution in [0.2, 0.25) is 0 Å². The molecular formula is C12H21N5OS. The molecule has 1 saturated carbocycles. The van der Waals surface area contributed by atoms with Crippen molar-refractivity contribution in [3.8, 4) is 6.01 Å². The van der Waals surface area contributed by atoms with Crippen molar-refractivity contribution in [2.45, 2.75) is 43.9 Å². The molecule has 0 aromatic carbocycles. The Bertz CT molecular complexity index is 417. The Morgan fingerprint density at radius 2 is 2.21 bits per heavy atom. The maximum atomic E-state index is 5.69. The Labute approximate surface area is 117 Å². The number of nitrogens with zero attached hydrogens (tertiary/aromatic N) is 3. The highest BCUT2D eigenvalue weighted by molar-refractivity contribution is 7.99. The minimum Gasteiger partial charge on any atom is -0.463 e. The third-order valence-electron chi connectivity index (χ3n) is 3.14. The van der Waals surface area contributed by atoms with Gasteiger partial charge in [0.1, 0.15) is 0 Å². The summed E-state index contributed by atoms with van der Waals surface area (Å²) < 4.78 is 5.41. The normalized spacial score (nSPS) is 22.4. The van der Waals surface area contributed by atoms with Crippen molar-refractivity contribution in [1.29, 1.82) is 0 Å². The molecule has 0 bridgehead atoms. The van der Waals surface area contributed by atoms with Gasteiger partial charge in [0.2, 0.25) is 11.9 Å². The van der Waals surface area contributed by atoms with Crippen molar-refractivity contribution in [1.82, 2.24) is 15.0 Å². The Morgan fingerprint density at radius 1 is 1.37 bits per heavy atom. The summed E-state index contributed by atoms with van der Waals surface area (Å²) in [6, 6.07) is 0.700. The van der Waals surface area contributed by atoms with Crippen LogP contribution in [0.3, 0.4) is 0 Å². The van der Waals surface area contributed by atoms with Crippen LogP contribution in [0.25, 0.3) is 0 Å². The molecule has 106 valence electrons. The maximum absolute atomic E-state index is 5.69. The van der Waals surface area contributed by atoms with Crippen molar-refractivity contribution < 1.29 is 4.74 Å². The quantitative estimate of drug-likeness (QED) is 0.825. The highest BCUT2D eigenvalue weighted by Gasteiger charge is 2.27. The lowest BCUT2D eigenvalue weighted by atomic mass is 10.2. The van der Waals surface area contributed by atoms with Crippen LogP contribution in [0.15, 0.2) is 0 Å². The predicted molar refractivity (Wildman–Crippen MR) is 78.6 cm³/mol. The molecule has 1 aliphatic rings. The third-order valence-corrected chi connectivity index (χ3v) is 4.31. The first-order chi connectivity index (χ1) is 9.22. The number of nitrogens with two attached hydrogens (primary N) is 1. The predicted octanol–water partition coefficient (Wildman–Crippen LogP) is 1.94. The van der Waals surface area contributed by atoms with Gasteiger partial charge in [-0.2, -0.15) is 26.7 Å². The fraction of sp³-hybridized carbons (Fsp3) is 0.750. The first kappa shape index (κ1) is 14.2. The summed E-state index contributed by atoms with van der Waals surface area (Å²) in [6.07, 6.45) is 6.66. The fourth-order valence-electron chi connectivity index (χ4n) is 2.23. The van der Waals surface area contributed by atoms with Gasteiger partial charge in [-0.25, -0.2) is 0 Å². The van der Waals surface area contributed by atoms with E-state index in [-0.39, 0.29) is 5.95 Å². The van der Waals surface area contributed by atoms with E-state index in [9.17, 15) is 0 Å². The molecule has 0 spiro atoms. The molecule has 3 N–H and O–H groups in total. The van der Waals surface area contributed by atoms with E-state index in [0.29, 0.717) is 29.9 Å². The molecule has 2 atom stereocenters. The monoisotopic (exact) mass is 283 g/mol. The second-order valence-corrected chi connectivity index (χ2v) is 5.68. The summed E-state index contributed by atoms with van der Waals surface area (Å²) >= 11 is 1.89. The third kappa shape index (κ3) is 3.86. The fourth-order valence-corrected chi connectivity index (χ4v) is 3.17. The highest BCUT2D eigenvalue weighted by Crippen LogP contribution is 2.30. The lowest BCUT2D eigenvalue weighted by Gasteiger charge is -2.19. The number of nitrogen functional groups attached to an aromatic ring is 1. The van der Waals surface area contributed by atoms with Crippen molar-refractivity contribution in [3.05, 3.63) is 0 Å². The summed E-state index contributed by atoms with van der Waals surface area (Å²) in [5.41, 5.74) is 5.69. The lowest BCUT2D eigenvalue weighted by molar-refractivity contribution is 0.292. The highest BCUT2D eigenvalue weighted by atomic mass is 32.2. The first-order valence-corrected chi connectivity index (χ1v) is 7.95. The van der Waals surface area contributed by atoms with Crippen LogP contribution < -0.4 is 15.8 Å². The molecule has 0 amide bonds. The molecule has 1 fully saturated rings. The lowest BCUT2D eigenvalue weighted by Crippen LogP contribution is -2.27. The number of anilines is 2. The van der Waals surface area contributed by atoms with E-state index < -0.39 is 0 Å². The molecule has 1 aliphatic carbocycles. The van der Waals surface area contributed by atoms with Crippen LogP contribution in [0.5, 0.6) is 6.01 Å². The molecule has 1 heterocycles. The van der Waals surface area contributed by atoms with E-state index in [1.165, 1.54) is 12.8 Å². The van der Waals surface area contributed by atoms with Crippen LogP contribution in [-0.2, 0) is 0 Å². The van der Waals surface area contributed by atoms with E-state index in [1.54, 1.807) is 0 Å². The molecule has 6 nitrogen and oxygen atoms in total. The zero-order chi connectivity index (χ0) is 13.7. The SMILES string of the molecule is CCCOc1nc(N)nc(NC2CCCC2SC)n1. The Balaban J connectivity index is 2.04. The van der Waals surface area contributed by atoms with Gasteiger partial charge in [0.25, 0.3) is 0 Å². The topological polar surface area (TPSA) is 86.0 Å². The second-order valence-electron chi connectivity index (χ2n) is 4.60. The molecule has 0 aliphatic heterocycles. The van der Waals surface area contributed by atoms with Crippen molar-refractivity contribution >= 4 is 23.7 Å². The minimum atomic E-state index is 0.197. The van der Waals surface area contributed by atoms with Crippen LogP contribution in [0, 0.1) is 0 Å². The maximum Gasteiger partial charge on any atom is 0.323 e. The number of thioether (sulfide) groups is 1. The van der Waals surface area contributed by atoms with E-state index in [4.69, 9.17) is 10.5 Å². The van der Waals surface area contributed by atoms with Gasteiger partial charge in [-0.15, -0.1) is 0 Å². The molecule has 19 heavy (non-hydrogen) atoms. The number of aromatic nitrogens is 3. The Kier molecular flexibility index (Phi) is 5.07. The zero-order valence-electron chi connectivity index (χ0n) is 11.4. The van der Waals surface area contributed by atoms with Gasteiger partial charge in [-0.1, -0.05) is 13.3 Å². The van der Waals surface area contributed by atoms with Crippen LogP contribution in [0.1, 0.15) is 32.6 Å². The molecule has 2 rings (SSSR count). The second kappa shape index (κ2) is 6.79. The average Bonchev–Trinajstić information content (AvgIpc) is 2.83. The summed E-state index contributed by atoms with van der Waals surface area (Å²) in [5, 5.41) is 3.97. The minimum absolute atomic E-state index is 0.197. The number of hydrogen-bond donors (Lipinski definition) is 2. The first-order valence-electron chi connectivity index (χ1n) is 6.66. The summed E-state index contributed by atoms with van der Waals surface area (Å²) in [6.45, 7) is 2.62. The zero-order valence-corrected chi connectivity index (χ0v) is 12.2. The van der Waals surface area contributed by atoms with Crippen molar-refractivity contribution in [3.63, 3.8) is 0 Å². The molecule has 7 heteroatoms. The number of ether oxygens (including phenoxy) is 1. The number of rotatable bonds is 6. The standard InChI is InChI=1S/C12H21N5OS/c1-3-7-18-12-16-10(13)15-11(17-12)14-8-5-4-6-9(8)19-2/h8-9H,3-7H2,1-2H3,(H3,13,14,15,16,17). The summed E-state index contributed by atoms with van der Waals surface area (Å²) in [4.78, 5) is 12.4. The van der Waals surface area contributed by atoms with Crippen LogP contribution in [-0.4, -0.2) is 39.1 Å². The molecule has 1 aromatic rings. The van der Waals surface area contributed by atoms with Gasteiger partial charge in [-0.05, 0) is 25.5 Å².